The molecule has 19 heavy (non-hydrogen) atoms. The topological polar surface area (TPSA) is 72.8 Å². The van der Waals surface area contributed by atoms with Crippen LogP contribution in [0.25, 0.3) is 11.5 Å². The van der Waals surface area contributed by atoms with E-state index in [-0.39, 0.29) is 0 Å². The molecule has 0 spiro atoms. The monoisotopic (exact) mass is 257 g/mol. The van der Waals surface area contributed by atoms with Crippen LogP contribution in [0.2, 0.25) is 0 Å². The average molecular weight is 257 g/mol. The summed E-state index contributed by atoms with van der Waals surface area (Å²) in [6.45, 7) is 3.75. The van der Waals surface area contributed by atoms with E-state index < -0.39 is 0 Å². The molecule has 0 atom stereocenters. The third kappa shape index (κ3) is 2.15. The minimum Gasteiger partial charge on any atom is -0.480 e. The number of aromatic nitrogens is 4. The van der Waals surface area contributed by atoms with Gasteiger partial charge in [0.1, 0.15) is 5.69 Å². The molecule has 0 bridgehead atoms. The summed E-state index contributed by atoms with van der Waals surface area (Å²) in [6.07, 6.45) is 0.892. The van der Waals surface area contributed by atoms with Crippen molar-refractivity contribution in [2.45, 2.75) is 26.4 Å². The molecule has 0 aliphatic carbocycles. The number of ether oxygens (including phenoxy) is 1. The number of aryl methyl sites for hydroxylation is 1. The van der Waals surface area contributed by atoms with E-state index in [1.54, 1.807) is 13.2 Å². The SMILES string of the molecule is CCc1nc(-c2ccc(OC)nn2)nc2c1CNC2. The van der Waals surface area contributed by atoms with Crippen molar-refractivity contribution < 1.29 is 4.74 Å². The van der Waals surface area contributed by atoms with Gasteiger partial charge >= 0.3 is 0 Å². The molecule has 0 saturated heterocycles. The smallest absolute Gasteiger partial charge is 0.233 e. The fourth-order valence-electron chi connectivity index (χ4n) is 2.19. The van der Waals surface area contributed by atoms with Gasteiger partial charge < -0.3 is 10.1 Å². The Morgan fingerprint density at radius 3 is 2.79 bits per heavy atom. The average Bonchev–Trinajstić information content (AvgIpc) is 2.94. The lowest BCUT2D eigenvalue weighted by atomic mass is 10.1. The summed E-state index contributed by atoms with van der Waals surface area (Å²) in [5.74, 6) is 1.12. The molecule has 3 rings (SSSR count). The van der Waals surface area contributed by atoms with E-state index >= 15 is 0 Å². The van der Waals surface area contributed by atoms with Crippen LogP contribution in [-0.4, -0.2) is 27.3 Å². The van der Waals surface area contributed by atoms with Crippen LogP contribution in [0.5, 0.6) is 5.88 Å². The van der Waals surface area contributed by atoms with Crippen molar-refractivity contribution in [1.82, 2.24) is 25.5 Å². The van der Waals surface area contributed by atoms with E-state index in [4.69, 9.17) is 4.74 Å². The highest BCUT2D eigenvalue weighted by molar-refractivity contribution is 5.50. The number of nitrogens with zero attached hydrogens (tertiary/aromatic N) is 4. The van der Waals surface area contributed by atoms with Crippen LogP contribution in [0.1, 0.15) is 23.9 Å². The van der Waals surface area contributed by atoms with Crippen molar-refractivity contribution in [1.29, 1.82) is 0 Å². The molecule has 0 saturated carbocycles. The summed E-state index contributed by atoms with van der Waals surface area (Å²) in [5, 5.41) is 11.4. The Hall–Kier alpha value is -2.08. The summed E-state index contributed by atoms with van der Waals surface area (Å²) >= 11 is 0. The molecule has 1 aliphatic rings. The number of nitrogens with one attached hydrogen (secondary N) is 1. The van der Waals surface area contributed by atoms with Crippen molar-refractivity contribution in [3.05, 3.63) is 29.1 Å². The highest BCUT2D eigenvalue weighted by atomic mass is 16.5. The Balaban J connectivity index is 2.04. The van der Waals surface area contributed by atoms with Crippen LogP contribution in [-0.2, 0) is 19.5 Å². The maximum Gasteiger partial charge on any atom is 0.233 e. The molecular weight excluding hydrogens is 242 g/mol. The van der Waals surface area contributed by atoms with E-state index in [0.717, 1.165) is 30.9 Å². The first-order chi connectivity index (χ1) is 9.31. The van der Waals surface area contributed by atoms with Gasteiger partial charge in [-0.15, -0.1) is 10.2 Å². The van der Waals surface area contributed by atoms with Gasteiger partial charge in [-0.25, -0.2) is 9.97 Å². The second-order valence-electron chi connectivity index (χ2n) is 4.34. The molecule has 0 fully saturated rings. The van der Waals surface area contributed by atoms with Gasteiger partial charge in [0.25, 0.3) is 0 Å². The Kier molecular flexibility index (Phi) is 3.08. The molecule has 2 aromatic rings. The van der Waals surface area contributed by atoms with Gasteiger partial charge in [-0.3, -0.25) is 0 Å². The Morgan fingerprint density at radius 2 is 2.11 bits per heavy atom. The largest absolute Gasteiger partial charge is 0.480 e. The maximum absolute atomic E-state index is 5.00. The first kappa shape index (κ1) is 12.0. The zero-order valence-corrected chi connectivity index (χ0v) is 11.0. The van der Waals surface area contributed by atoms with E-state index in [1.165, 1.54) is 5.56 Å². The Labute approximate surface area is 111 Å². The Bertz CT molecular complexity index is 597. The molecule has 1 N–H and O–H groups in total. The van der Waals surface area contributed by atoms with Crippen molar-refractivity contribution >= 4 is 0 Å². The van der Waals surface area contributed by atoms with Crippen LogP contribution < -0.4 is 10.1 Å². The van der Waals surface area contributed by atoms with Crippen LogP contribution in [0.3, 0.4) is 0 Å². The van der Waals surface area contributed by atoms with Gasteiger partial charge in [0.05, 0.1) is 12.8 Å². The molecule has 0 amide bonds. The third-order valence-corrected chi connectivity index (χ3v) is 3.19. The second kappa shape index (κ2) is 4.89. The molecule has 6 nitrogen and oxygen atoms in total. The van der Waals surface area contributed by atoms with Gasteiger partial charge in [-0.2, -0.15) is 0 Å². The molecule has 1 aliphatic heterocycles. The lowest BCUT2D eigenvalue weighted by molar-refractivity contribution is 0.392. The van der Waals surface area contributed by atoms with Crippen LogP contribution in [0.15, 0.2) is 12.1 Å². The molecule has 6 heteroatoms. The minimum atomic E-state index is 0.488. The highest BCUT2D eigenvalue weighted by Gasteiger charge is 2.19. The fraction of sp³-hybridized carbons (Fsp3) is 0.385. The van der Waals surface area contributed by atoms with Gasteiger partial charge in [0.15, 0.2) is 5.82 Å². The van der Waals surface area contributed by atoms with Crippen molar-refractivity contribution in [3.63, 3.8) is 0 Å². The summed E-state index contributed by atoms with van der Waals surface area (Å²) in [6, 6.07) is 3.60. The predicted octanol–water partition coefficient (Wildman–Crippen LogP) is 1.11. The molecule has 2 aromatic heterocycles. The zero-order valence-electron chi connectivity index (χ0n) is 11.0. The van der Waals surface area contributed by atoms with Gasteiger partial charge in [0.2, 0.25) is 5.88 Å². The normalized spacial score (nSPS) is 13.4. The summed E-state index contributed by atoms with van der Waals surface area (Å²) in [4.78, 5) is 9.16. The molecule has 3 heterocycles. The van der Waals surface area contributed by atoms with Gasteiger partial charge in [-0.05, 0) is 12.5 Å². The molecule has 0 unspecified atom stereocenters. The first-order valence-corrected chi connectivity index (χ1v) is 6.29. The summed E-state index contributed by atoms with van der Waals surface area (Å²) in [7, 11) is 1.57. The van der Waals surface area contributed by atoms with E-state index in [9.17, 15) is 0 Å². The molecular formula is C13H15N5O. The third-order valence-electron chi connectivity index (χ3n) is 3.19. The number of methoxy groups -OCH3 is 1. The van der Waals surface area contributed by atoms with Crippen LogP contribution >= 0.6 is 0 Å². The first-order valence-electron chi connectivity index (χ1n) is 6.29. The highest BCUT2D eigenvalue weighted by Crippen LogP contribution is 2.21. The predicted molar refractivity (Wildman–Crippen MR) is 69.5 cm³/mol. The van der Waals surface area contributed by atoms with Crippen LogP contribution in [0.4, 0.5) is 0 Å². The van der Waals surface area contributed by atoms with Crippen LogP contribution in [0, 0.1) is 0 Å². The van der Waals surface area contributed by atoms with Crippen molar-refractivity contribution in [2.24, 2.45) is 0 Å². The van der Waals surface area contributed by atoms with E-state index in [0.29, 0.717) is 17.4 Å². The number of fused-ring (bicyclic) bond motifs is 1. The van der Waals surface area contributed by atoms with Gasteiger partial charge in [-0.1, -0.05) is 6.92 Å². The second-order valence-corrected chi connectivity index (χ2v) is 4.34. The maximum atomic E-state index is 5.00. The number of rotatable bonds is 3. The quantitative estimate of drug-likeness (QED) is 0.888. The zero-order chi connectivity index (χ0) is 13.2. The Morgan fingerprint density at radius 1 is 1.21 bits per heavy atom. The number of hydrogen-bond acceptors (Lipinski definition) is 6. The molecule has 0 aromatic carbocycles. The molecule has 98 valence electrons. The lowest BCUT2D eigenvalue weighted by Crippen LogP contribution is -2.04. The van der Waals surface area contributed by atoms with Gasteiger partial charge in [0, 0.05) is 30.4 Å². The van der Waals surface area contributed by atoms with E-state index in [1.807, 2.05) is 6.07 Å². The summed E-state index contributed by atoms with van der Waals surface area (Å²) in [5.41, 5.74) is 4.06. The van der Waals surface area contributed by atoms with Crippen molar-refractivity contribution in [2.75, 3.05) is 7.11 Å². The minimum absolute atomic E-state index is 0.488. The molecule has 0 radical (unpaired) electrons. The van der Waals surface area contributed by atoms with E-state index in [2.05, 4.69) is 32.4 Å². The fourth-order valence-corrected chi connectivity index (χ4v) is 2.19. The lowest BCUT2D eigenvalue weighted by Gasteiger charge is -2.07. The summed E-state index contributed by atoms with van der Waals surface area (Å²) < 4.78 is 5.00. The number of hydrogen-bond donors (Lipinski definition) is 1. The van der Waals surface area contributed by atoms with Crippen molar-refractivity contribution in [3.8, 4) is 17.4 Å². The standard InChI is InChI=1S/C13H15N5O/c1-3-9-8-6-14-7-11(8)16-13(15-9)10-4-5-12(19-2)18-17-10/h4-5,14H,3,6-7H2,1-2H3.